The van der Waals surface area contributed by atoms with Crippen molar-refractivity contribution in [2.24, 2.45) is 0 Å². The summed E-state index contributed by atoms with van der Waals surface area (Å²) in [5.74, 6) is -0.254. The summed E-state index contributed by atoms with van der Waals surface area (Å²) in [7, 11) is 1.73. The fraction of sp³-hybridized carbons (Fsp3) is 0.917. The van der Waals surface area contributed by atoms with Crippen LogP contribution in [0.4, 0.5) is 0 Å². The van der Waals surface area contributed by atoms with E-state index in [1.807, 2.05) is 6.92 Å². The Hall–Kier alpha value is -0.650. The first kappa shape index (κ1) is 14.4. The molecule has 1 fully saturated rings. The highest BCUT2D eigenvalue weighted by molar-refractivity contribution is 5.76. The van der Waals surface area contributed by atoms with Crippen LogP contribution in [0.5, 0.6) is 0 Å². The van der Waals surface area contributed by atoms with Gasteiger partial charge in [0.1, 0.15) is 12.1 Å². The molecular weight excluding hydrogens is 222 g/mol. The van der Waals surface area contributed by atoms with Crippen LogP contribution in [0, 0.1) is 0 Å². The van der Waals surface area contributed by atoms with Crippen LogP contribution in [0.15, 0.2) is 0 Å². The molecule has 0 amide bonds. The Labute approximate surface area is 103 Å². The molecule has 0 spiro atoms. The van der Waals surface area contributed by atoms with Gasteiger partial charge in [0.2, 0.25) is 0 Å². The Morgan fingerprint density at radius 3 is 2.88 bits per heavy atom. The molecule has 0 aliphatic carbocycles. The second-order valence-corrected chi connectivity index (χ2v) is 4.35. The van der Waals surface area contributed by atoms with E-state index in [0.717, 1.165) is 6.42 Å². The molecule has 1 rings (SSSR count). The molecule has 1 aliphatic rings. The van der Waals surface area contributed by atoms with Crippen LogP contribution in [0.2, 0.25) is 0 Å². The summed E-state index contributed by atoms with van der Waals surface area (Å²) >= 11 is 0. The first-order valence-electron chi connectivity index (χ1n) is 6.24. The summed E-state index contributed by atoms with van der Waals surface area (Å²) in [5, 5.41) is 2.89. The van der Waals surface area contributed by atoms with E-state index in [1.54, 1.807) is 7.05 Å². The fourth-order valence-corrected chi connectivity index (χ4v) is 1.75. The van der Waals surface area contributed by atoms with Gasteiger partial charge < -0.3 is 19.5 Å². The number of esters is 1. The minimum absolute atomic E-state index is 0.00774. The Balaban J connectivity index is 2.52. The van der Waals surface area contributed by atoms with Crippen LogP contribution >= 0.6 is 0 Å². The number of likely N-dealkylation sites (N-methyl/N-ethyl adjacent to an activating group) is 1. The molecule has 17 heavy (non-hydrogen) atoms. The lowest BCUT2D eigenvalue weighted by Crippen LogP contribution is -2.40. The second-order valence-electron chi connectivity index (χ2n) is 4.35. The van der Waals surface area contributed by atoms with Gasteiger partial charge in [0.15, 0.2) is 0 Å². The van der Waals surface area contributed by atoms with Crippen molar-refractivity contribution in [2.45, 2.75) is 44.9 Å². The monoisotopic (exact) mass is 245 g/mol. The molecule has 5 nitrogen and oxygen atoms in total. The average molecular weight is 245 g/mol. The maximum atomic E-state index is 11.7. The molecule has 100 valence electrons. The number of cyclic esters (lactones) is 1. The molecule has 0 aromatic rings. The van der Waals surface area contributed by atoms with Gasteiger partial charge in [0, 0.05) is 13.0 Å². The molecule has 2 unspecified atom stereocenters. The van der Waals surface area contributed by atoms with E-state index in [4.69, 9.17) is 14.2 Å². The van der Waals surface area contributed by atoms with Gasteiger partial charge in [-0.2, -0.15) is 0 Å². The fourth-order valence-electron chi connectivity index (χ4n) is 1.75. The average Bonchev–Trinajstić information content (AvgIpc) is 2.36. The number of hydrogen-bond acceptors (Lipinski definition) is 5. The highest BCUT2D eigenvalue weighted by atomic mass is 16.6. The summed E-state index contributed by atoms with van der Waals surface area (Å²) in [6, 6.07) is -0.387. The molecule has 3 atom stereocenters. The molecule has 0 aromatic heterocycles. The van der Waals surface area contributed by atoms with Crippen LogP contribution in [0.3, 0.4) is 0 Å². The highest BCUT2D eigenvalue weighted by Gasteiger charge is 2.25. The smallest absolute Gasteiger partial charge is 0.325 e. The molecular formula is C12H23NO4. The zero-order valence-corrected chi connectivity index (χ0v) is 10.9. The molecule has 1 N–H and O–H groups in total. The molecule has 0 radical (unpaired) electrons. The van der Waals surface area contributed by atoms with Gasteiger partial charge >= 0.3 is 5.97 Å². The maximum Gasteiger partial charge on any atom is 0.325 e. The summed E-state index contributed by atoms with van der Waals surface area (Å²) in [4.78, 5) is 11.7. The standard InChI is InChI=1S/C12H23NO4/c1-4-5-16-10-6-9(2)17-12(14)11(13-3)8-15-7-10/h9-11,13H,4-8H2,1-3H3/t9?,10?,11-/m0/s1. The minimum atomic E-state index is -0.387. The molecule has 0 bridgehead atoms. The Bertz CT molecular complexity index is 235. The lowest BCUT2D eigenvalue weighted by atomic mass is 10.2. The van der Waals surface area contributed by atoms with Crippen molar-refractivity contribution in [3.63, 3.8) is 0 Å². The number of nitrogens with one attached hydrogen (secondary N) is 1. The first-order valence-corrected chi connectivity index (χ1v) is 6.24. The van der Waals surface area contributed by atoms with E-state index in [-0.39, 0.29) is 24.2 Å². The van der Waals surface area contributed by atoms with Crippen LogP contribution in [-0.2, 0) is 19.0 Å². The zero-order chi connectivity index (χ0) is 12.7. The summed E-state index contributed by atoms with van der Waals surface area (Å²) in [5.41, 5.74) is 0. The largest absolute Gasteiger partial charge is 0.461 e. The van der Waals surface area contributed by atoms with E-state index in [9.17, 15) is 4.79 Å². The van der Waals surface area contributed by atoms with Gasteiger partial charge in [0.05, 0.1) is 19.3 Å². The molecule has 0 aromatic carbocycles. The summed E-state index contributed by atoms with van der Waals surface area (Å²) in [6.07, 6.45) is 1.53. The van der Waals surface area contributed by atoms with Gasteiger partial charge in [-0.05, 0) is 20.4 Å². The molecule has 5 heteroatoms. The number of carbonyl (C=O) groups excluding carboxylic acids is 1. The predicted molar refractivity (Wildman–Crippen MR) is 63.9 cm³/mol. The van der Waals surface area contributed by atoms with Crippen molar-refractivity contribution in [3.05, 3.63) is 0 Å². The number of ether oxygens (including phenoxy) is 3. The van der Waals surface area contributed by atoms with E-state index >= 15 is 0 Å². The summed E-state index contributed by atoms with van der Waals surface area (Å²) < 4.78 is 16.5. The number of rotatable bonds is 4. The Kier molecular flexibility index (Phi) is 6.47. The topological polar surface area (TPSA) is 56.8 Å². The van der Waals surface area contributed by atoms with Gasteiger partial charge in [0.25, 0.3) is 0 Å². The van der Waals surface area contributed by atoms with Gasteiger partial charge in [-0.1, -0.05) is 6.92 Å². The maximum absolute atomic E-state index is 11.7. The number of carbonyl (C=O) groups is 1. The van der Waals surface area contributed by atoms with Crippen molar-refractivity contribution >= 4 is 5.97 Å². The molecule has 1 aliphatic heterocycles. The summed E-state index contributed by atoms with van der Waals surface area (Å²) in [6.45, 7) is 5.51. The normalized spacial score (nSPS) is 31.2. The third-order valence-corrected chi connectivity index (χ3v) is 2.69. The van der Waals surface area contributed by atoms with Crippen LogP contribution in [-0.4, -0.2) is 51.1 Å². The lowest BCUT2D eigenvalue weighted by molar-refractivity contribution is -0.151. The van der Waals surface area contributed by atoms with E-state index in [0.29, 0.717) is 26.2 Å². The SMILES string of the molecule is CCCOC1COC[C@H](NC)C(=O)OC(C)C1. The van der Waals surface area contributed by atoms with E-state index < -0.39 is 0 Å². The van der Waals surface area contributed by atoms with Crippen LogP contribution < -0.4 is 5.32 Å². The van der Waals surface area contributed by atoms with Gasteiger partial charge in [-0.3, -0.25) is 4.79 Å². The first-order chi connectivity index (χ1) is 8.17. The molecule has 1 heterocycles. The molecule has 0 saturated carbocycles. The number of hydrogen-bond donors (Lipinski definition) is 1. The van der Waals surface area contributed by atoms with Crippen molar-refractivity contribution in [3.8, 4) is 0 Å². The molecule has 1 saturated heterocycles. The predicted octanol–water partition coefficient (Wildman–Crippen LogP) is 0.722. The Morgan fingerprint density at radius 2 is 2.24 bits per heavy atom. The second kappa shape index (κ2) is 7.63. The van der Waals surface area contributed by atoms with Crippen LogP contribution in [0.1, 0.15) is 26.7 Å². The van der Waals surface area contributed by atoms with Crippen molar-refractivity contribution in [2.75, 3.05) is 26.9 Å². The van der Waals surface area contributed by atoms with E-state index in [2.05, 4.69) is 12.2 Å². The Morgan fingerprint density at radius 1 is 1.47 bits per heavy atom. The van der Waals surface area contributed by atoms with Crippen molar-refractivity contribution in [1.29, 1.82) is 0 Å². The van der Waals surface area contributed by atoms with Gasteiger partial charge in [-0.25, -0.2) is 0 Å². The minimum Gasteiger partial charge on any atom is -0.461 e. The van der Waals surface area contributed by atoms with Crippen molar-refractivity contribution in [1.82, 2.24) is 5.32 Å². The zero-order valence-electron chi connectivity index (χ0n) is 10.9. The van der Waals surface area contributed by atoms with Crippen molar-refractivity contribution < 1.29 is 19.0 Å². The third kappa shape index (κ3) is 5.02. The van der Waals surface area contributed by atoms with Gasteiger partial charge in [-0.15, -0.1) is 0 Å². The van der Waals surface area contributed by atoms with Crippen LogP contribution in [0.25, 0.3) is 0 Å². The van der Waals surface area contributed by atoms with E-state index in [1.165, 1.54) is 0 Å². The third-order valence-electron chi connectivity index (χ3n) is 2.69. The quantitative estimate of drug-likeness (QED) is 0.740. The highest BCUT2D eigenvalue weighted by Crippen LogP contribution is 2.11. The lowest BCUT2D eigenvalue weighted by Gasteiger charge is -2.19.